The number of benzene rings is 2. The highest BCUT2D eigenvalue weighted by molar-refractivity contribution is 6.10. The number of amidine groups is 2. The Balaban J connectivity index is 1.53. The van der Waals surface area contributed by atoms with Crippen molar-refractivity contribution in [2.45, 2.75) is 38.7 Å². The third kappa shape index (κ3) is 4.99. The minimum atomic E-state index is -0.564. The second kappa shape index (κ2) is 9.96. The van der Waals surface area contributed by atoms with Gasteiger partial charge >= 0.3 is 0 Å². The number of phenolic OH excluding ortho intramolecular Hbond substituents is 1. The van der Waals surface area contributed by atoms with E-state index in [-0.39, 0.29) is 18.1 Å². The summed E-state index contributed by atoms with van der Waals surface area (Å²) >= 11 is 0. The summed E-state index contributed by atoms with van der Waals surface area (Å²) in [5.74, 6) is 1.53. The SMILES string of the molecule is CCCC(O)CC(=O)N1CCN(C2=NC(c3ccccc3O)=Nc3ccccc3C2)CC1. The maximum Gasteiger partial charge on any atom is 0.225 e. The predicted octanol–water partition coefficient (Wildman–Crippen LogP) is 3.12. The molecule has 2 N–H and O–H groups in total. The second-order valence-electron chi connectivity index (χ2n) is 8.30. The van der Waals surface area contributed by atoms with E-state index in [0.717, 1.165) is 23.5 Å². The van der Waals surface area contributed by atoms with Crippen LogP contribution in [0, 0.1) is 0 Å². The quantitative estimate of drug-likeness (QED) is 0.757. The number of amides is 1. The van der Waals surface area contributed by atoms with E-state index in [0.29, 0.717) is 50.4 Å². The molecule has 0 spiro atoms. The van der Waals surface area contributed by atoms with Gasteiger partial charge in [0.05, 0.1) is 23.8 Å². The molecular weight excluding hydrogens is 404 g/mol. The van der Waals surface area contributed by atoms with Crippen molar-refractivity contribution >= 4 is 23.3 Å². The second-order valence-corrected chi connectivity index (χ2v) is 8.30. The maximum absolute atomic E-state index is 12.5. The average molecular weight is 435 g/mol. The topological polar surface area (TPSA) is 88.7 Å². The zero-order chi connectivity index (χ0) is 22.5. The van der Waals surface area contributed by atoms with Crippen LogP contribution in [0.2, 0.25) is 0 Å². The lowest BCUT2D eigenvalue weighted by molar-refractivity contribution is -0.134. The van der Waals surface area contributed by atoms with E-state index in [2.05, 4.69) is 11.0 Å². The van der Waals surface area contributed by atoms with Crippen molar-refractivity contribution in [3.05, 3.63) is 59.7 Å². The van der Waals surface area contributed by atoms with Gasteiger partial charge in [0.1, 0.15) is 11.6 Å². The molecule has 0 radical (unpaired) electrons. The monoisotopic (exact) mass is 434 g/mol. The Labute approximate surface area is 188 Å². The third-order valence-corrected chi connectivity index (χ3v) is 5.98. The highest BCUT2D eigenvalue weighted by atomic mass is 16.3. The van der Waals surface area contributed by atoms with Gasteiger partial charge in [0.25, 0.3) is 0 Å². The fourth-order valence-electron chi connectivity index (χ4n) is 4.19. The number of phenols is 1. The van der Waals surface area contributed by atoms with Crippen LogP contribution in [0.4, 0.5) is 5.69 Å². The fraction of sp³-hybridized carbons (Fsp3) is 0.400. The van der Waals surface area contributed by atoms with Gasteiger partial charge in [-0.2, -0.15) is 0 Å². The zero-order valence-corrected chi connectivity index (χ0v) is 18.4. The lowest BCUT2D eigenvalue weighted by Gasteiger charge is -2.37. The summed E-state index contributed by atoms with van der Waals surface area (Å²) in [4.78, 5) is 26.2. The number of para-hydroxylation sites is 2. The third-order valence-electron chi connectivity index (χ3n) is 5.98. The number of nitrogens with zero attached hydrogens (tertiary/aromatic N) is 4. The van der Waals surface area contributed by atoms with Crippen LogP contribution in [0.3, 0.4) is 0 Å². The fourth-order valence-corrected chi connectivity index (χ4v) is 4.19. The first-order chi connectivity index (χ1) is 15.5. The summed E-state index contributed by atoms with van der Waals surface area (Å²) in [6.45, 7) is 4.54. The number of carbonyl (C=O) groups is 1. The van der Waals surface area contributed by atoms with Gasteiger partial charge in [0.2, 0.25) is 5.91 Å². The van der Waals surface area contributed by atoms with Crippen molar-refractivity contribution in [3.8, 4) is 5.75 Å². The lowest BCUT2D eigenvalue weighted by atomic mass is 10.1. The first-order valence-corrected chi connectivity index (χ1v) is 11.3. The summed E-state index contributed by atoms with van der Waals surface area (Å²) in [5, 5.41) is 20.4. The summed E-state index contributed by atoms with van der Waals surface area (Å²) in [7, 11) is 0. The number of fused-ring (bicyclic) bond motifs is 1. The average Bonchev–Trinajstić information content (AvgIpc) is 2.99. The maximum atomic E-state index is 12.5. The highest BCUT2D eigenvalue weighted by Crippen LogP contribution is 2.27. The molecule has 32 heavy (non-hydrogen) atoms. The molecule has 1 saturated heterocycles. The van der Waals surface area contributed by atoms with Crippen LogP contribution < -0.4 is 0 Å². The minimum Gasteiger partial charge on any atom is -0.507 e. The summed E-state index contributed by atoms with van der Waals surface area (Å²) < 4.78 is 0. The standard InChI is InChI=1S/C25H30N4O3/c1-2-7-19(30)17-24(32)29-14-12-28(13-15-29)23-16-18-8-3-5-10-21(18)26-25(27-23)20-9-4-6-11-22(20)31/h3-6,8-11,19,30-31H,2,7,12-17H2,1H3. The molecule has 168 valence electrons. The van der Waals surface area contributed by atoms with Crippen LogP contribution in [-0.4, -0.2) is 69.9 Å². The number of aliphatic imine (C=N–C) groups is 2. The first-order valence-electron chi connectivity index (χ1n) is 11.3. The number of piperazine rings is 1. The molecule has 2 aromatic carbocycles. The van der Waals surface area contributed by atoms with E-state index in [1.165, 1.54) is 0 Å². The number of hydrogen-bond donors (Lipinski definition) is 2. The zero-order valence-electron chi connectivity index (χ0n) is 18.4. The van der Waals surface area contributed by atoms with Crippen molar-refractivity contribution in [2.75, 3.05) is 26.2 Å². The Bertz CT molecular complexity index is 1030. The van der Waals surface area contributed by atoms with Gasteiger partial charge in [0.15, 0.2) is 5.84 Å². The Morgan fingerprint density at radius 2 is 1.75 bits per heavy atom. The van der Waals surface area contributed by atoms with Crippen LogP contribution in [0.5, 0.6) is 5.75 Å². The van der Waals surface area contributed by atoms with Crippen molar-refractivity contribution < 1.29 is 15.0 Å². The van der Waals surface area contributed by atoms with Crippen LogP contribution in [0.15, 0.2) is 58.5 Å². The number of aliphatic hydroxyl groups is 1. The van der Waals surface area contributed by atoms with E-state index in [1.807, 2.05) is 42.2 Å². The number of carbonyl (C=O) groups excluding carboxylic acids is 1. The molecular formula is C25H30N4O3. The van der Waals surface area contributed by atoms with Crippen molar-refractivity contribution in [1.82, 2.24) is 9.80 Å². The largest absolute Gasteiger partial charge is 0.507 e. The Hall–Kier alpha value is -3.19. The van der Waals surface area contributed by atoms with Crippen molar-refractivity contribution in [1.29, 1.82) is 0 Å². The number of aromatic hydroxyl groups is 1. The molecule has 0 bridgehead atoms. The van der Waals surface area contributed by atoms with Gasteiger partial charge in [-0.05, 0) is 30.2 Å². The molecule has 7 heteroatoms. The van der Waals surface area contributed by atoms with Gasteiger partial charge < -0.3 is 20.0 Å². The van der Waals surface area contributed by atoms with Gasteiger partial charge in [-0.25, -0.2) is 9.98 Å². The summed E-state index contributed by atoms with van der Waals surface area (Å²) in [6, 6.07) is 15.1. The normalized spacial score (nSPS) is 17.2. The molecule has 2 aliphatic rings. The first kappa shape index (κ1) is 22.0. The van der Waals surface area contributed by atoms with Gasteiger partial charge in [0, 0.05) is 32.6 Å². The highest BCUT2D eigenvalue weighted by Gasteiger charge is 2.26. The molecule has 2 aromatic rings. The predicted molar refractivity (Wildman–Crippen MR) is 126 cm³/mol. The van der Waals surface area contributed by atoms with E-state index >= 15 is 0 Å². The van der Waals surface area contributed by atoms with Crippen LogP contribution in [0.1, 0.15) is 37.3 Å². The molecule has 1 amide bonds. The molecule has 0 aliphatic carbocycles. The van der Waals surface area contributed by atoms with Crippen molar-refractivity contribution in [3.63, 3.8) is 0 Å². The lowest BCUT2D eigenvalue weighted by Crippen LogP contribution is -2.51. The van der Waals surface area contributed by atoms with Gasteiger partial charge in [-0.3, -0.25) is 4.79 Å². The molecule has 7 nitrogen and oxygen atoms in total. The number of aliphatic hydroxyl groups excluding tert-OH is 1. The molecule has 0 saturated carbocycles. The molecule has 1 unspecified atom stereocenters. The Kier molecular flexibility index (Phi) is 6.85. The smallest absolute Gasteiger partial charge is 0.225 e. The van der Waals surface area contributed by atoms with Crippen LogP contribution >= 0.6 is 0 Å². The molecule has 4 rings (SSSR count). The Morgan fingerprint density at radius 3 is 2.50 bits per heavy atom. The van der Waals surface area contributed by atoms with Crippen molar-refractivity contribution in [2.24, 2.45) is 9.98 Å². The molecule has 2 heterocycles. The molecule has 1 fully saturated rings. The van der Waals surface area contributed by atoms with Crippen LogP contribution in [-0.2, 0) is 11.2 Å². The van der Waals surface area contributed by atoms with E-state index in [4.69, 9.17) is 9.98 Å². The molecule has 2 aliphatic heterocycles. The van der Waals surface area contributed by atoms with Gasteiger partial charge in [-0.1, -0.05) is 43.7 Å². The summed E-state index contributed by atoms with van der Waals surface area (Å²) in [5.41, 5.74) is 2.53. The molecule has 1 atom stereocenters. The minimum absolute atomic E-state index is 0.00945. The van der Waals surface area contributed by atoms with Crippen LogP contribution in [0.25, 0.3) is 0 Å². The number of hydrogen-bond acceptors (Lipinski definition) is 6. The van der Waals surface area contributed by atoms with Gasteiger partial charge in [-0.15, -0.1) is 0 Å². The number of rotatable bonds is 5. The van der Waals surface area contributed by atoms with E-state index < -0.39 is 6.10 Å². The molecule has 0 aromatic heterocycles. The Morgan fingerprint density at radius 1 is 1.03 bits per heavy atom. The summed E-state index contributed by atoms with van der Waals surface area (Å²) in [6.07, 6.45) is 1.78. The van der Waals surface area contributed by atoms with E-state index in [1.54, 1.807) is 12.1 Å². The van der Waals surface area contributed by atoms with E-state index in [9.17, 15) is 15.0 Å².